The van der Waals surface area contributed by atoms with Gasteiger partial charge < -0.3 is 0 Å². The summed E-state index contributed by atoms with van der Waals surface area (Å²) in [6.07, 6.45) is 3.66. The van der Waals surface area contributed by atoms with E-state index in [1.54, 1.807) is 0 Å². The molecule has 0 fully saturated rings. The average molecular weight is 334 g/mol. The predicted molar refractivity (Wildman–Crippen MR) is 83.0 cm³/mol. The second-order valence-electron chi connectivity index (χ2n) is 4.44. The van der Waals surface area contributed by atoms with Crippen LogP contribution in [0.2, 0.25) is 0 Å². The van der Waals surface area contributed by atoms with Crippen LogP contribution < -0.4 is 4.72 Å². The molecule has 0 atom stereocenters. The first-order chi connectivity index (χ1) is 10.4. The van der Waals surface area contributed by atoms with E-state index in [2.05, 4.69) is 15.0 Å². The number of nitrogens with one attached hydrogen (secondary N) is 1. The summed E-state index contributed by atoms with van der Waals surface area (Å²) >= 11 is 1.36. The first-order valence-corrected chi connectivity index (χ1v) is 8.84. The van der Waals surface area contributed by atoms with E-state index in [0.29, 0.717) is 5.01 Å². The van der Waals surface area contributed by atoms with Crippen molar-refractivity contribution in [2.24, 2.45) is 0 Å². The lowest BCUT2D eigenvalue weighted by Crippen LogP contribution is -2.30. The fourth-order valence-corrected chi connectivity index (χ4v) is 3.25. The zero-order valence-electron chi connectivity index (χ0n) is 11.3. The van der Waals surface area contributed by atoms with Crippen molar-refractivity contribution in [3.05, 3.63) is 42.4 Å². The maximum Gasteiger partial charge on any atom is 0.285 e. The minimum Gasteiger partial charge on any atom is -0.266 e. The molecule has 0 saturated carbocycles. The number of hydrogen-bond donors (Lipinski definition) is 1. The number of sulfonamides is 1. The average Bonchev–Trinajstić information content (AvgIpc) is 2.89. The van der Waals surface area contributed by atoms with Gasteiger partial charge >= 0.3 is 0 Å². The summed E-state index contributed by atoms with van der Waals surface area (Å²) in [6, 6.07) is 7.50. The molecule has 0 saturated heterocycles. The van der Waals surface area contributed by atoms with Crippen molar-refractivity contribution >= 4 is 37.5 Å². The van der Waals surface area contributed by atoms with Gasteiger partial charge in [-0.25, -0.2) is 28.1 Å². The Hall–Kier alpha value is -2.39. The van der Waals surface area contributed by atoms with Crippen LogP contribution in [0.25, 0.3) is 20.9 Å². The first kappa shape index (κ1) is 14.5. The van der Waals surface area contributed by atoms with Gasteiger partial charge in [0.1, 0.15) is 10.7 Å². The lowest BCUT2D eigenvalue weighted by atomic mass is 10.3. The zero-order valence-corrected chi connectivity index (χ0v) is 13.0. The van der Waals surface area contributed by atoms with Crippen molar-refractivity contribution < 1.29 is 13.2 Å². The molecule has 0 aliphatic rings. The predicted octanol–water partition coefficient (Wildman–Crippen LogP) is 1.44. The quantitative estimate of drug-likeness (QED) is 0.777. The molecular weight excluding hydrogens is 324 g/mol. The standard InChI is InChI=1S/C13H10N4O3S2/c1-22(19,20)17-12(18)10-11(15-7-6-14-10)13-16-8-4-2-3-5-9(8)21-13/h2-7H,1H3,(H,17,18). The highest BCUT2D eigenvalue weighted by Gasteiger charge is 2.20. The maximum atomic E-state index is 12.1. The summed E-state index contributed by atoms with van der Waals surface area (Å²) in [5, 5.41) is 0.507. The summed E-state index contributed by atoms with van der Waals surface area (Å²) in [5.74, 6) is -0.829. The van der Waals surface area contributed by atoms with Gasteiger partial charge in [0.05, 0.1) is 16.5 Å². The first-order valence-electron chi connectivity index (χ1n) is 6.13. The minimum atomic E-state index is -3.68. The van der Waals surface area contributed by atoms with Gasteiger partial charge in [-0.3, -0.25) is 4.79 Å². The van der Waals surface area contributed by atoms with Crippen molar-refractivity contribution in [2.45, 2.75) is 0 Å². The highest BCUT2D eigenvalue weighted by molar-refractivity contribution is 7.89. The summed E-state index contributed by atoms with van der Waals surface area (Å²) in [7, 11) is -3.68. The van der Waals surface area contributed by atoms with Crippen LogP contribution >= 0.6 is 11.3 Å². The van der Waals surface area contributed by atoms with E-state index in [0.717, 1.165) is 16.5 Å². The Morgan fingerprint density at radius 2 is 1.91 bits per heavy atom. The Bertz CT molecular complexity index is 933. The molecule has 3 rings (SSSR count). The van der Waals surface area contributed by atoms with Crippen LogP contribution in [-0.4, -0.2) is 35.5 Å². The monoisotopic (exact) mass is 334 g/mol. The van der Waals surface area contributed by atoms with E-state index < -0.39 is 15.9 Å². The molecule has 2 heterocycles. The van der Waals surface area contributed by atoms with Crippen molar-refractivity contribution in [3.63, 3.8) is 0 Å². The van der Waals surface area contributed by atoms with Crippen molar-refractivity contribution in [1.29, 1.82) is 0 Å². The summed E-state index contributed by atoms with van der Waals surface area (Å²) in [4.78, 5) is 24.5. The van der Waals surface area contributed by atoms with E-state index in [4.69, 9.17) is 0 Å². The lowest BCUT2D eigenvalue weighted by molar-refractivity contribution is 0.0977. The molecular formula is C13H10N4O3S2. The normalized spacial score (nSPS) is 11.5. The number of para-hydroxylation sites is 1. The lowest BCUT2D eigenvalue weighted by Gasteiger charge is -2.04. The van der Waals surface area contributed by atoms with Gasteiger partial charge in [0.15, 0.2) is 5.69 Å². The fraction of sp³-hybridized carbons (Fsp3) is 0.0769. The van der Waals surface area contributed by atoms with Gasteiger partial charge in [-0.1, -0.05) is 12.1 Å². The molecule has 1 N–H and O–H groups in total. The number of benzene rings is 1. The summed E-state index contributed by atoms with van der Waals surface area (Å²) in [5.41, 5.74) is 0.958. The number of hydrogen-bond acceptors (Lipinski definition) is 7. The molecule has 7 nitrogen and oxygen atoms in total. The number of nitrogens with zero attached hydrogens (tertiary/aromatic N) is 3. The number of carbonyl (C=O) groups excluding carboxylic acids is 1. The van der Waals surface area contributed by atoms with Crippen LogP contribution in [0.4, 0.5) is 0 Å². The van der Waals surface area contributed by atoms with E-state index in [-0.39, 0.29) is 11.4 Å². The molecule has 0 bridgehead atoms. The maximum absolute atomic E-state index is 12.1. The molecule has 0 spiro atoms. The Labute approximate surface area is 130 Å². The zero-order chi connectivity index (χ0) is 15.7. The van der Waals surface area contributed by atoms with Gasteiger partial charge in [0.25, 0.3) is 5.91 Å². The van der Waals surface area contributed by atoms with Crippen molar-refractivity contribution in [3.8, 4) is 10.7 Å². The third kappa shape index (κ3) is 2.95. The summed E-state index contributed by atoms with van der Waals surface area (Å²) < 4.78 is 25.3. The molecule has 3 aromatic rings. The fourth-order valence-electron chi connectivity index (χ4n) is 1.85. The molecule has 0 aliphatic heterocycles. The van der Waals surface area contributed by atoms with Crippen LogP contribution in [-0.2, 0) is 10.0 Å². The van der Waals surface area contributed by atoms with Crippen LogP contribution in [0.3, 0.4) is 0 Å². The molecule has 1 aromatic carbocycles. The van der Waals surface area contributed by atoms with E-state index in [1.807, 2.05) is 29.0 Å². The third-order valence-corrected chi connectivity index (χ3v) is 4.29. The summed E-state index contributed by atoms with van der Waals surface area (Å²) in [6.45, 7) is 0. The molecule has 2 aromatic heterocycles. The molecule has 22 heavy (non-hydrogen) atoms. The molecule has 112 valence electrons. The minimum absolute atomic E-state index is 0.0769. The molecule has 1 amide bonds. The number of thiazole rings is 1. The Balaban J connectivity index is 2.09. The number of carbonyl (C=O) groups is 1. The van der Waals surface area contributed by atoms with Gasteiger partial charge in [0, 0.05) is 12.4 Å². The van der Waals surface area contributed by atoms with Crippen molar-refractivity contribution in [2.75, 3.05) is 6.26 Å². The van der Waals surface area contributed by atoms with Crippen LogP contribution in [0.1, 0.15) is 10.5 Å². The Morgan fingerprint density at radius 3 is 2.64 bits per heavy atom. The molecule has 0 radical (unpaired) electrons. The van der Waals surface area contributed by atoms with Crippen LogP contribution in [0.15, 0.2) is 36.7 Å². The van der Waals surface area contributed by atoms with E-state index in [1.165, 1.54) is 23.7 Å². The Morgan fingerprint density at radius 1 is 1.18 bits per heavy atom. The van der Waals surface area contributed by atoms with Gasteiger partial charge in [-0.2, -0.15) is 0 Å². The molecule has 0 aliphatic carbocycles. The Kier molecular flexibility index (Phi) is 3.59. The van der Waals surface area contributed by atoms with Gasteiger partial charge in [-0.05, 0) is 12.1 Å². The van der Waals surface area contributed by atoms with E-state index >= 15 is 0 Å². The number of fused-ring (bicyclic) bond motifs is 1. The number of aromatic nitrogens is 3. The molecule has 9 heteroatoms. The topological polar surface area (TPSA) is 102 Å². The highest BCUT2D eigenvalue weighted by atomic mass is 32.2. The number of rotatable bonds is 3. The largest absolute Gasteiger partial charge is 0.285 e. The number of amides is 1. The second kappa shape index (κ2) is 5.43. The highest BCUT2D eigenvalue weighted by Crippen LogP contribution is 2.29. The molecule has 0 unspecified atom stereocenters. The van der Waals surface area contributed by atoms with Crippen LogP contribution in [0.5, 0.6) is 0 Å². The smallest absolute Gasteiger partial charge is 0.266 e. The van der Waals surface area contributed by atoms with Gasteiger partial charge in [-0.15, -0.1) is 11.3 Å². The second-order valence-corrected chi connectivity index (χ2v) is 7.22. The van der Waals surface area contributed by atoms with Crippen molar-refractivity contribution in [1.82, 2.24) is 19.7 Å². The van der Waals surface area contributed by atoms with E-state index in [9.17, 15) is 13.2 Å². The van der Waals surface area contributed by atoms with Crippen LogP contribution in [0, 0.1) is 0 Å². The third-order valence-electron chi connectivity index (χ3n) is 2.69. The van der Waals surface area contributed by atoms with Gasteiger partial charge in [0.2, 0.25) is 10.0 Å². The SMILES string of the molecule is CS(=O)(=O)NC(=O)c1nccnc1-c1nc2ccccc2s1.